The first-order chi connectivity index (χ1) is 11.6. The third-order valence-electron chi connectivity index (χ3n) is 3.39. The Morgan fingerprint density at radius 1 is 1.38 bits per heavy atom. The highest BCUT2D eigenvalue weighted by Crippen LogP contribution is 2.18. The first-order valence-corrected chi connectivity index (χ1v) is 7.34. The highest BCUT2D eigenvalue weighted by atomic mass is 19.1. The Balaban J connectivity index is 1.72. The maximum absolute atomic E-state index is 12.9. The minimum absolute atomic E-state index is 0.130. The lowest BCUT2D eigenvalue weighted by Gasteiger charge is -2.01. The monoisotopic (exact) mass is 330 g/mol. The van der Waals surface area contributed by atoms with E-state index in [4.69, 9.17) is 4.52 Å². The molecule has 0 saturated heterocycles. The lowest BCUT2D eigenvalue weighted by Crippen LogP contribution is -2.23. The van der Waals surface area contributed by atoms with E-state index in [1.54, 1.807) is 6.07 Å². The van der Waals surface area contributed by atoms with Gasteiger partial charge in [0.2, 0.25) is 0 Å². The Labute approximate surface area is 136 Å². The SMILES string of the molecule is CCc1cc(CNC(=O)c2nn(-c3ccc(F)cc3)cc2O)on1. The van der Waals surface area contributed by atoms with Crippen molar-refractivity contribution in [1.29, 1.82) is 0 Å². The predicted octanol–water partition coefficient (Wildman–Crippen LogP) is 2.20. The second-order valence-electron chi connectivity index (χ2n) is 5.10. The van der Waals surface area contributed by atoms with Crippen molar-refractivity contribution in [3.63, 3.8) is 0 Å². The van der Waals surface area contributed by atoms with Gasteiger partial charge < -0.3 is 14.9 Å². The minimum Gasteiger partial charge on any atom is -0.504 e. The molecule has 2 aromatic heterocycles. The van der Waals surface area contributed by atoms with Gasteiger partial charge in [0.05, 0.1) is 24.1 Å². The number of aromatic hydroxyl groups is 1. The molecule has 8 heteroatoms. The Bertz CT molecular complexity index is 855. The van der Waals surface area contributed by atoms with Crippen molar-refractivity contribution in [2.75, 3.05) is 0 Å². The van der Waals surface area contributed by atoms with Crippen molar-refractivity contribution < 1.29 is 18.8 Å². The van der Waals surface area contributed by atoms with Gasteiger partial charge in [-0.25, -0.2) is 9.07 Å². The fraction of sp³-hybridized carbons (Fsp3) is 0.188. The van der Waals surface area contributed by atoms with Crippen LogP contribution in [0, 0.1) is 5.82 Å². The summed E-state index contributed by atoms with van der Waals surface area (Å²) in [5.74, 6) is -0.698. The van der Waals surface area contributed by atoms with Gasteiger partial charge >= 0.3 is 0 Å². The second-order valence-corrected chi connectivity index (χ2v) is 5.10. The summed E-state index contributed by atoms with van der Waals surface area (Å²) < 4.78 is 19.3. The standard InChI is InChI=1S/C16H15FN4O3/c1-2-11-7-13(24-20-11)8-18-16(23)15-14(22)9-21(19-15)12-5-3-10(17)4-6-12/h3-7,9,22H,2,8H2,1H3,(H,18,23). The Morgan fingerprint density at radius 3 is 2.79 bits per heavy atom. The first-order valence-electron chi connectivity index (χ1n) is 7.34. The average Bonchev–Trinajstić information content (AvgIpc) is 3.20. The molecule has 1 amide bonds. The highest BCUT2D eigenvalue weighted by Gasteiger charge is 2.17. The molecule has 0 aliphatic carbocycles. The molecule has 1 aromatic carbocycles. The normalized spacial score (nSPS) is 10.8. The van der Waals surface area contributed by atoms with Crippen LogP contribution in [0.2, 0.25) is 0 Å². The molecule has 2 N–H and O–H groups in total. The highest BCUT2D eigenvalue weighted by molar-refractivity contribution is 5.94. The van der Waals surface area contributed by atoms with Gasteiger partial charge in [-0.15, -0.1) is 0 Å². The molecule has 7 nitrogen and oxygen atoms in total. The molecule has 0 atom stereocenters. The third-order valence-corrected chi connectivity index (χ3v) is 3.39. The van der Waals surface area contributed by atoms with Crippen molar-refractivity contribution in [2.24, 2.45) is 0 Å². The second kappa shape index (κ2) is 6.53. The van der Waals surface area contributed by atoms with Gasteiger partial charge in [-0.2, -0.15) is 5.10 Å². The molecule has 3 aromatic rings. The van der Waals surface area contributed by atoms with Crippen LogP contribution in [0.4, 0.5) is 4.39 Å². The molecule has 0 aliphatic heterocycles. The Hall–Kier alpha value is -3.16. The Kier molecular flexibility index (Phi) is 4.28. The molecule has 0 saturated carbocycles. The number of aryl methyl sites for hydroxylation is 1. The number of hydrogen-bond donors (Lipinski definition) is 2. The molecular weight excluding hydrogens is 315 g/mol. The first kappa shape index (κ1) is 15.7. The number of nitrogens with zero attached hydrogens (tertiary/aromatic N) is 3. The van der Waals surface area contributed by atoms with Gasteiger partial charge in [-0.3, -0.25) is 4.79 Å². The maximum atomic E-state index is 12.9. The molecule has 0 fully saturated rings. The summed E-state index contributed by atoms with van der Waals surface area (Å²) in [7, 11) is 0. The summed E-state index contributed by atoms with van der Waals surface area (Å²) >= 11 is 0. The van der Waals surface area contributed by atoms with Crippen LogP contribution in [0.15, 0.2) is 41.1 Å². The molecule has 2 heterocycles. The summed E-state index contributed by atoms with van der Waals surface area (Å²) in [6.07, 6.45) is 2.02. The van der Waals surface area contributed by atoms with Crippen LogP contribution in [-0.2, 0) is 13.0 Å². The number of halogens is 1. The zero-order valence-corrected chi connectivity index (χ0v) is 12.9. The molecule has 0 bridgehead atoms. The van der Waals surface area contributed by atoms with E-state index in [1.807, 2.05) is 6.92 Å². The van der Waals surface area contributed by atoms with Gasteiger partial charge in [0, 0.05) is 6.07 Å². The van der Waals surface area contributed by atoms with Crippen LogP contribution in [0.3, 0.4) is 0 Å². The number of aromatic nitrogens is 3. The average molecular weight is 330 g/mol. The molecule has 0 aliphatic rings. The molecule has 3 rings (SSSR count). The van der Waals surface area contributed by atoms with E-state index in [0.29, 0.717) is 11.4 Å². The number of carbonyl (C=O) groups excluding carboxylic acids is 1. The van der Waals surface area contributed by atoms with Crippen molar-refractivity contribution in [3.8, 4) is 11.4 Å². The maximum Gasteiger partial charge on any atom is 0.276 e. The van der Waals surface area contributed by atoms with Gasteiger partial charge in [0.1, 0.15) is 5.82 Å². The van der Waals surface area contributed by atoms with Gasteiger partial charge in [-0.05, 0) is 30.7 Å². The van der Waals surface area contributed by atoms with E-state index >= 15 is 0 Å². The van der Waals surface area contributed by atoms with E-state index in [2.05, 4.69) is 15.6 Å². The van der Waals surface area contributed by atoms with E-state index in [-0.39, 0.29) is 23.8 Å². The summed E-state index contributed by atoms with van der Waals surface area (Å²) in [5.41, 5.74) is 1.19. The van der Waals surface area contributed by atoms with Crippen molar-refractivity contribution >= 4 is 5.91 Å². The number of benzene rings is 1. The number of rotatable bonds is 5. The van der Waals surface area contributed by atoms with Crippen LogP contribution in [0.25, 0.3) is 5.69 Å². The molecular formula is C16H15FN4O3. The smallest absolute Gasteiger partial charge is 0.276 e. The van der Waals surface area contributed by atoms with Gasteiger partial charge in [0.25, 0.3) is 5.91 Å². The lowest BCUT2D eigenvalue weighted by atomic mass is 10.3. The van der Waals surface area contributed by atoms with Crippen LogP contribution < -0.4 is 5.32 Å². The molecule has 0 spiro atoms. The molecule has 124 valence electrons. The number of hydrogen-bond acceptors (Lipinski definition) is 5. The topological polar surface area (TPSA) is 93.2 Å². The van der Waals surface area contributed by atoms with E-state index in [0.717, 1.165) is 12.1 Å². The fourth-order valence-corrected chi connectivity index (χ4v) is 2.11. The third kappa shape index (κ3) is 3.27. The zero-order chi connectivity index (χ0) is 17.1. The quantitative estimate of drug-likeness (QED) is 0.748. The van der Waals surface area contributed by atoms with Crippen LogP contribution in [0.1, 0.15) is 28.9 Å². The zero-order valence-electron chi connectivity index (χ0n) is 12.9. The molecule has 0 radical (unpaired) electrons. The number of amides is 1. The van der Waals surface area contributed by atoms with Gasteiger partial charge in [-0.1, -0.05) is 12.1 Å². The van der Waals surface area contributed by atoms with Crippen molar-refractivity contribution in [1.82, 2.24) is 20.3 Å². The van der Waals surface area contributed by atoms with Crippen molar-refractivity contribution in [3.05, 3.63) is 59.5 Å². The van der Waals surface area contributed by atoms with E-state index in [1.165, 1.54) is 35.1 Å². The van der Waals surface area contributed by atoms with E-state index < -0.39 is 5.91 Å². The minimum atomic E-state index is -0.553. The summed E-state index contributed by atoms with van der Waals surface area (Å²) in [4.78, 5) is 12.1. The van der Waals surface area contributed by atoms with Crippen LogP contribution in [-0.4, -0.2) is 26.0 Å². The van der Waals surface area contributed by atoms with Crippen molar-refractivity contribution in [2.45, 2.75) is 19.9 Å². The van der Waals surface area contributed by atoms with Crippen LogP contribution >= 0.6 is 0 Å². The number of nitrogens with one attached hydrogen (secondary N) is 1. The molecule has 0 unspecified atom stereocenters. The van der Waals surface area contributed by atoms with E-state index in [9.17, 15) is 14.3 Å². The lowest BCUT2D eigenvalue weighted by molar-refractivity contribution is 0.0939. The largest absolute Gasteiger partial charge is 0.504 e. The predicted molar refractivity (Wildman–Crippen MR) is 82.2 cm³/mol. The summed E-state index contributed by atoms with van der Waals surface area (Å²) in [6.45, 7) is 2.08. The number of carbonyl (C=O) groups is 1. The summed E-state index contributed by atoms with van der Waals surface area (Å²) in [6, 6.07) is 7.26. The van der Waals surface area contributed by atoms with Crippen LogP contribution in [0.5, 0.6) is 5.75 Å². The molecule has 24 heavy (non-hydrogen) atoms. The fourth-order valence-electron chi connectivity index (χ4n) is 2.11. The summed E-state index contributed by atoms with van der Waals surface area (Å²) in [5, 5.41) is 20.4. The van der Waals surface area contributed by atoms with Gasteiger partial charge in [0.15, 0.2) is 17.2 Å². The Morgan fingerprint density at radius 2 is 2.12 bits per heavy atom.